The van der Waals surface area contributed by atoms with Crippen LogP contribution in [0.1, 0.15) is 146 Å². The van der Waals surface area contributed by atoms with E-state index < -0.39 is 0 Å². The van der Waals surface area contributed by atoms with Gasteiger partial charge in [0, 0.05) is 25.0 Å². The highest BCUT2D eigenvalue weighted by molar-refractivity contribution is 5.86. The summed E-state index contributed by atoms with van der Waals surface area (Å²) in [5, 5.41) is 14.8. The van der Waals surface area contributed by atoms with Crippen LogP contribution in [0.5, 0.6) is 0 Å². The summed E-state index contributed by atoms with van der Waals surface area (Å²) < 4.78 is 0. The number of aliphatic hydroxyl groups excluding tert-OH is 1. The summed E-state index contributed by atoms with van der Waals surface area (Å²) in [6, 6.07) is 0.0893. The minimum atomic E-state index is -0.263. The van der Waals surface area contributed by atoms with E-state index in [9.17, 15) is 14.7 Å². The van der Waals surface area contributed by atoms with Crippen LogP contribution in [0, 0.1) is 73.9 Å². The molecule has 1 aliphatic heterocycles. The molecule has 6 saturated carbocycles. The van der Waals surface area contributed by atoms with Crippen molar-refractivity contribution in [2.45, 2.75) is 158 Å². The summed E-state index contributed by atoms with van der Waals surface area (Å²) >= 11 is 0. The van der Waals surface area contributed by atoms with Gasteiger partial charge in [-0.2, -0.15) is 0 Å². The van der Waals surface area contributed by atoms with E-state index in [-0.39, 0.29) is 50.6 Å². The molecule has 0 spiro atoms. The van der Waals surface area contributed by atoms with Crippen LogP contribution >= 0.6 is 0 Å². The molecule has 0 radical (unpaired) electrons. The Kier molecular flexibility index (Phi) is 7.77. The number of carbonyl (C=O) groups excluding carboxylic acids is 2. The van der Waals surface area contributed by atoms with Crippen molar-refractivity contribution in [2.24, 2.45) is 73.9 Å². The smallest absolute Gasteiger partial charge is 0.226 e. The summed E-state index contributed by atoms with van der Waals surface area (Å²) in [6.07, 6.45) is 14.4. The average molecular weight is 637 g/mol. The van der Waals surface area contributed by atoms with Crippen molar-refractivity contribution in [3.8, 4) is 0 Å². The second kappa shape index (κ2) is 10.7. The van der Waals surface area contributed by atoms with Crippen molar-refractivity contribution in [3.63, 3.8) is 0 Å². The molecule has 2 N–H and O–H groups in total. The van der Waals surface area contributed by atoms with Crippen molar-refractivity contribution in [3.05, 3.63) is 0 Å². The molecule has 1 unspecified atom stereocenters. The Labute approximate surface area is 281 Å². The van der Waals surface area contributed by atoms with Gasteiger partial charge in [-0.3, -0.25) is 9.59 Å². The summed E-state index contributed by atoms with van der Waals surface area (Å²) in [5.74, 6) is 4.18. The molecule has 1 saturated heterocycles. The van der Waals surface area contributed by atoms with Crippen LogP contribution in [-0.4, -0.2) is 47.1 Å². The fraction of sp³-hybridized carbons (Fsp3) is 0.951. The lowest BCUT2D eigenvalue weighted by atomic mass is 9.32. The number of hydrogen-bond donors (Lipinski definition) is 2. The molecule has 2 amide bonds. The van der Waals surface area contributed by atoms with Crippen LogP contribution in [-0.2, 0) is 9.59 Å². The lowest BCUT2D eigenvalue weighted by Gasteiger charge is -2.73. The number of carbonyl (C=O) groups is 2. The Morgan fingerprint density at radius 1 is 0.761 bits per heavy atom. The Hall–Kier alpha value is -1.10. The van der Waals surface area contributed by atoms with E-state index >= 15 is 0 Å². The molecule has 12 atom stereocenters. The number of rotatable bonds is 4. The van der Waals surface area contributed by atoms with E-state index in [1.54, 1.807) is 0 Å². The number of nitrogens with one attached hydrogen (secondary N) is 1. The molecule has 5 nitrogen and oxygen atoms in total. The molecule has 7 fully saturated rings. The third kappa shape index (κ3) is 4.26. The molecule has 7 rings (SSSR count). The molecule has 0 aromatic heterocycles. The minimum absolute atomic E-state index is 0.0204. The summed E-state index contributed by atoms with van der Waals surface area (Å²) in [5.41, 5.74) is 0.307. The predicted molar refractivity (Wildman–Crippen MR) is 185 cm³/mol. The Balaban J connectivity index is 1.16. The monoisotopic (exact) mass is 637 g/mol. The van der Waals surface area contributed by atoms with Gasteiger partial charge in [0.15, 0.2) is 0 Å². The average Bonchev–Trinajstić information content (AvgIpc) is 3.67. The summed E-state index contributed by atoms with van der Waals surface area (Å²) in [4.78, 5) is 30.3. The molecule has 0 aromatic rings. The molecule has 260 valence electrons. The maximum Gasteiger partial charge on any atom is 0.226 e. The molecule has 46 heavy (non-hydrogen) atoms. The Bertz CT molecular complexity index is 1240. The second-order valence-electron chi connectivity index (χ2n) is 20.3. The van der Waals surface area contributed by atoms with E-state index in [0.29, 0.717) is 47.3 Å². The fourth-order valence-electron chi connectivity index (χ4n) is 14.8. The van der Waals surface area contributed by atoms with Crippen LogP contribution in [0.15, 0.2) is 0 Å². The van der Waals surface area contributed by atoms with E-state index in [2.05, 4.69) is 72.5 Å². The highest BCUT2D eigenvalue weighted by Crippen LogP contribution is 2.77. The van der Waals surface area contributed by atoms with Gasteiger partial charge in [0.1, 0.15) is 0 Å². The van der Waals surface area contributed by atoms with Crippen molar-refractivity contribution in [2.75, 3.05) is 13.1 Å². The second-order valence-corrected chi connectivity index (χ2v) is 20.3. The molecule has 7 aliphatic rings. The molecule has 1 heterocycles. The van der Waals surface area contributed by atoms with E-state index in [4.69, 9.17) is 0 Å². The number of aliphatic hydroxyl groups is 1. The van der Waals surface area contributed by atoms with E-state index in [1.165, 1.54) is 32.1 Å². The SMILES string of the molecule is CC(C)[C@@H]1CC[C@]2(C(=O)N[C@@H]3C[C@H](C(=O)N4CCCC4)C3(C)C)CC[C@]3(C)C(CC[C@@H]4[C@@]5(C)CC[C@H](O)C(C)(C)[C@@H]5CC[C@]43C)[C@@H]12. The van der Waals surface area contributed by atoms with Gasteiger partial charge in [-0.15, -0.1) is 0 Å². The minimum Gasteiger partial charge on any atom is -0.393 e. The molecular formula is C41H68N2O3. The lowest BCUT2D eigenvalue weighted by Crippen LogP contribution is -2.68. The number of fused-ring (bicyclic) bond motifs is 7. The number of amides is 2. The van der Waals surface area contributed by atoms with Crippen LogP contribution < -0.4 is 5.32 Å². The van der Waals surface area contributed by atoms with Crippen molar-refractivity contribution in [1.82, 2.24) is 10.2 Å². The molecule has 6 aliphatic carbocycles. The molecule has 5 heteroatoms. The topological polar surface area (TPSA) is 69.6 Å². The zero-order chi connectivity index (χ0) is 33.2. The first kappa shape index (κ1) is 33.4. The standard InChI is InChI=1S/C41H68N2O3/c1-25(2)26-14-19-41(35(46)42-31-24-28(36(31,3)4)34(45)43-22-10-11-23-43)21-20-39(8)27(33(26)41)12-13-30-38(7)17-16-32(44)37(5,6)29(38)15-18-40(30,39)9/h25-33,44H,10-24H2,1-9H3,(H,42,46)/t26-,27?,28+,29-,30+,31+,32-,33+,38-,39+,40+,41-/m0/s1. The van der Waals surface area contributed by atoms with Gasteiger partial charge < -0.3 is 15.3 Å². The molecule has 0 aromatic carbocycles. The zero-order valence-electron chi connectivity index (χ0n) is 31.0. The van der Waals surface area contributed by atoms with Gasteiger partial charge in [-0.25, -0.2) is 0 Å². The van der Waals surface area contributed by atoms with Gasteiger partial charge in [0.05, 0.1) is 11.5 Å². The fourth-order valence-corrected chi connectivity index (χ4v) is 14.8. The largest absolute Gasteiger partial charge is 0.393 e. The predicted octanol–water partition coefficient (Wildman–Crippen LogP) is 8.24. The normalized spacial score (nSPS) is 50.5. The van der Waals surface area contributed by atoms with Crippen molar-refractivity contribution >= 4 is 11.8 Å². The van der Waals surface area contributed by atoms with Crippen LogP contribution in [0.25, 0.3) is 0 Å². The van der Waals surface area contributed by atoms with Crippen LogP contribution in [0.4, 0.5) is 0 Å². The highest BCUT2D eigenvalue weighted by atomic mass is 16.3. The van der Waals surface area contributed by atoms with E-state index in [0.717, 1.165) is 64.5 Å². The molecular weight excluding hydrogens is 568 g/mol. The maximum absolute atomic E-state index is 14.8. The van der Waals surface area contributed by atoms with Crippen LogP contribution in [0.3, 0.4) is 0 Å². The maximum atomic E-state index is 14.8. The third-order valence-electron chi connectivity index (χ3n) is 18.1. The van der Waals surface area contributed by atoms with Crippen molar-refractivity contribution in [1.29, 1.82) is 0 Å². The quantitative estimate of drug-likeness (QED) is 0.327. The first-order chi connectivity index (χ1) is 21.4. The van der Waals surface area contributed by atoms with Gasteiger partial charge in [-0.05, 0) is 146 Å². The summed E-state index contributed by atoms with van der Waals surface area (Å²) in [7, 11) is 0. The first-order valence-corrected chi connectivity index (χ1v) is 19.7. The van der Waals surface area contributed by atoms with Gasteiger partial charge in [0.25, 0.3) is 0 Å². The third-order valence-corrected chi connectivity index (χ3v) is 18.1. The molecule has 0 bridgehead atoms. The number of nitrogens with zero attached hydrogens (tertiary/aromatic N) is 1. The lowest BCUT2D eigenvalue weighted by molar-refractivity contribution is -0.248. The van der Waals surface area contributed by atoms with E-state index in [1.807, 2.05) is 0 Å². The zero-order valence-corrected chi connectivity index (χ0v) is 31.0. The Morgan fingerprint density at radius 3 is 2.11 bits per heavy atom. The highest BCUT2D eigenvalue weighted by Gasteiger charge is 2.72. The number of likely N-dealkylation sites (tertiary alicyclic amines) is 1. The number of hydrogen-bond acceptors (Lipinski definition) is 3. The van der Waals surface area contributed by atoms with Gasteiger partial charge in [0.2, 0.25) is 11.8 Å². The first-order valence-electron chi connectivity index (χ1n) is 19.7. The van der Waals surface area contributed by atoms with Gasteiger partial charge >= 0.3 is 0 Å². The summed E-state index contributed by atoms with van der Waals surface area (Å²) in [6.45, 7) is 23.8. The van der Waals surface area contributed by atoms with Crippen LogP contribution in [0.2, 0.25) is 0 Å². The van der Waals surface area contributed by atoms with Crippen molar-refractivity contribution < 1.29 is 14.7 Å². The Morgan fingerprint density at radius 2 is 1.46 bits per heavy atom. The van der Waals surface area contributed by atoms with Gasteiger partial charge in [-0.1, -0.05) is 62.3 Å².